The summed E-state index contributed by atoms with van der Waals surface area (Å²) in [6.07, 6.45) is 6.78. The highest BCUT2D eigenvalue weighted by Gasteiger charge is 2.24. The van der Waals surface area contributed by atoms with E-state index in [0.717, 1.165) is 77.0 Å². The van der Waals surface area contributed by atoms with Gasteiger partial charge in [-0.15, -0.1) is 24.0 Å². The zero-order chi connectivity index (χ0) is 22.9. The van der Waals surface area contributed by atoms with Gasteiger partial charge in [0.05, 0.1) is 0 Å². The molecule has 2 aliphatic heterocycles. The Bertz CT molecular complexity index is 896. The second-order valence-corrected chi connectivity index (χ2v) is 8.71. The van der Waals surface area contributed by atoms with E-state index in [1.165, 1.54) is 5.56 Å². The first kappa shape index (κ1) is 26.2. The molecule has 2 aromatic rings. The standard InChI is InChI=1S/C25H35N7O.HI/c1-2-26-24(31-15-17-32(18-16-31)25-27-11-6-12-28-25)29-20-23(33)30-13-9-22(10-14-30)19-21-7-4-3-5-8-21;/h3-8,11-12,22H,2,9-10,13-20H2,1H3,(H,26,29);1H. The van der Waals surface area contributed by atoms with E-state index < -0.39 is 0 Å². The second kappa shape index (κ2) is 13.5. The van der Waals surface area contributed by atoms with Crippen LogP contribution in [0.3, 0.4) is 0 Å². The number of nitrogens with zero attached hydrogens (tertiary/aromatic N) is 6. The molecule has 0 spiro atoms. The van der Waals surface area contributed by atoms with E-state index in [1.807, 2.05) is 11.0 Å². The molecular formula is C25H36IN7O. The molecule has 9 heteroatoms. The van der Waals surface area contributed by atoms with E-state index in [2.05, 4.69) is 67.3 Å². The van der Waals surface area contributed by atoms with Gasteiger partial charge in [0.1, 0.15) is 6.54 Å². The first-order valence-electron chi connectivity index (χ1n) is 12.1. The van der Waals surface area contributed by atoms with Crippen LogP contribution in [0.2, 0.25) is 0 Å². The number of aliphatic imine (C=N–C) groups is 1. The highest BCUT2D eigenvalue weighted by Crippen LogP contribution is 2.21. The topological polar surface area (TPSA) is 77.0 Å². The van der Waals surface area contributed by atoms with Crippen molar-refractivity contribution in [1.29, 1.82) is 0 Å². The number of carbonyl (C=O) groups is 1. The Labute approximate surface area is 219 Å². The fourth-order valence-corrected chi connectivity index (χ4v) is 4.58. The normalized spacial score (nSPS) is 17.3. The number of nitrogens with one attached hydrogen (secondary N) is 1. The van der Waals surface area contributed by atoms with Crippen LogP contribution < -0.4 is 10.2 Å². The van der Waals surface area contributed by atoms with Crippen molar-refractivity contribution in [2.45, 2.75) is 26.2 Å². The van der Waals surface area contributed by atoms with Crippen molar-refractivity contribution < 1.29 is 4.79 Å². The van der Waals surface area contributed by atoms with Crippen molar-refractivity contribution in [3.63, 3.8) is 0 Å². The Morgan fingerprint density at radius 3 is 2.29 bits per heavy atom. The summed E-state index contributed by atoms with van der Waals surface area (Å²) in [5.41, 5.74) is 1.39. The molecule has 1 N–H and O–H groups in total. The number of amides is 1. The summed E-state index contributed by atoms with van der Waals surface area (Å²) < 4.78 is 0. The molecule has 8 nitrogen and oxygen atoms in total. The Morgan fingerprint density at radius 2 is 1.65 bits per heavy atom. The first-order chi connectivity index (χ1) is 16.2. The molecule has 3 heterocycles. The van der Waals surface area contributed by atoms with Crippen molar-refractivity contribution in [1.82, 2.24) is 25.1 Å². The Balaban J connectivity index is 0.00000324. The van der Waals surface area contributed by atoms with Crippen LogP contribution in [0.4, 0.5) is 5.95 Å². The predicted octanol–water partition coefficient (Wildman–Crippen LogP) is 2.66. The van der Waals surface area contributed by atoms with Gasteiger partial charge in [-0.2, -0.15) is 0 Å². The van der Waals surface area contributed by atoms with Crippen LogP contribution in [0.1, 0.15) is 25.3 Å². The number of carbonyl (C=O) groups excluding carboxylic acids is 1. The molecule has 184 valence electrons. The molecule has 0 unspecified atom stereocenters. The van der Waals surface area contributed by atoms with E-state index in [4.69, 9.17) is 0 Å². The number of benzene rings is 1. The fourth-order valence-electron chi connectivity index (χ4n) is 4.58. The highest BCUT2D eigenvalue weighted by molar-refractivity contribution is 14.0. The van der Waals surface area contributed by atoms with Crippen LogP contribution in [0.15, 0.2) is 53.8 Å². The van der Waals surface area contributed by atoms with Gasteiger partial charge in [0.15, 0.2) is 5.96 Å². The number of piperidine rings is 1. The van der Waals surface area contributed by atoms with E-state index >= 15 is 0 Å². The van der Waals surface area contributed by atoms with Crippen LogP contribution in [0, 0.1) is 5.92 Å². The average Bonchev–Trinajstić information content (AvgIpc) is 2.88. The summed E-state index contributed by atoms with van der Waals surface area (Å²) in [6, 6.07) is 12.5. The number of guanidine groups is 1. The molecule has 2 saturated heterocycles. The zero-order valence-corrected chi connectivity index (χ0v) is 22.3. The van der Waals surface area contributed by atoms with Gasteiger partial charge in [-0.25, -0.2) is 15.0 Å². The van der Waals surface area contributed by atoms with Gasteiger partial charge >= 0.3 is 0 Å². The highest BCUT2D eigenvalue weighted by atomic mass is 127. The van der Waals surface area contributed by atoms with E-state index in [-0.39, 0.29) is 36.4 Å². The quantitative estimate of drug-likeness (QED) is 0.324. The third kappa shape index (κ3) is 7.28. The molecule has 0 atom stereocenters. The summed E-state index contributed by atoms with van der Waals surface area (Å²) >= 11 is 0. The summed E-state index contributed by atoms with van der Waals surface area (Å²) in [4.78, 5) is 32.6. The van der Waals surface area contributed by atoms with Gasteiger partial charge in [0.2, 0.25) is 11.9 Å². The summed E-state index contributed by atoms with van der Waals surface area (Å²) in [7, 11) is 0. The molecule has 1 aromatic carbocycles. The van der Waals surface area contributed by atoms with Crippen molar-refractivity contribution >= 4 is 41.8 Å². The van der Waals surface area contributed by atoms with Crippen LogP contribution in [-0.2, 0) is 11.2 Å². The number of anilines is 1. The molecule has 0 saturated carbocycles. The lowest BCUT2D eigenvalue weighted by molar-refractivity contribution is -0.131. The molecule has 2 fully saturated rings. The number of hydrogen-bond acceptors (Lipinski definition) is 5. The smallest absolute Gasteiger partial charge is 0.244 e. The molecule has 1 amide bonds. The van der Waals surface area contributed by atoms with Gasteiger partial charge in [0, 0.05) is 58.2 Å². The number of hydrogen-bond donors (Lipinski definition) is 1. The van der Waals surface area contributed by atoms with Gasteiger partial charge in [-0.1, -0.05) is 30.3 Å². The summed E-state index contributed by atoms with van der Waals surface area (Å²) in [5.74, 6) is 2.37. The lowest BCUT2D eigenvalue weighted by Gasteiger charge is -2.36. The number of rotatable bonds is 6. The van der Waals surface area contributed by atoms with E-state index in [9.17, 15) is 4.79 Å². The largest absolute Gasteiger partial charge is 0.357 e. The minimum Gasteiger partial charge on any atom is -0.357 e. The Morgan fingerprint density at radius 1 is 0.971 bits per heavy atom. The third-order valence-electron chi connectivity index (χ3n) is 6.45. The monoisotopic (exact) mass is 577 g/mol. The second-order valence-electron chi connectivity index (χ2n) is 8.71. The first-order valence-corrected chi connectivity index (χ1v) is 12.1. The van der Waals surface area contributed by atoms with Crippen LogP contribution in [0.5, 0.6) is 0 Å². The molecule has 2 aliphatic rings. The number of halogens is 1. The van der Waals surface area contributed by atoms with Gasteiger partial charge in [-0.3, -0.25) is 4.79 Å². The molecule has 0 radical (unpaired) electrons. The SMILES string of the molecule is CCNC(=NCC(=O)N1CCC(Cc2ccccc2)CC1)N1CCN(c2ncccn2)CC1.I. The molecule has 4 rings (SSSR count). The van der Waals surface area contributed by atoms with Crippen molar-refractivity contribution in [2.75, 3.05) is 57.3 Å². The van der Waals surface area contributed by atoms with E-state index in [0.29, 0.717) is 5.92 Å². The molecular weight excluding hydrogens is 541 g/mol. The average molecular weight is 578 g/mol. The Kier molecular flexibility index (Phi) is 10.4. The lowest BCUT2D eigenvalue weighted by Crippen LogP contribution is -2.53. The molecule has 1 aromatic heterocycles. The summed E-state index contributed by atoms with van der Waals surface area (Å²) in [5, 5.41) is 3.35. The predicted molar refractivity (Wildman–Crippen MR) is 147 cm³/mol. The van der Waals surface area contributed by atoms with Gasteiger partial charge in [-0.05, 0) is 43.7 Å². The van der Waals surface area contributed by atoms with Crippen LogP contribution in [0.25, 0.3) is 0 Å². The molecule has 34 heavy (non-hydrogen) atoms. The lowest BCUT2D eigenvalue weighted by atomic mass is 9.90. The fraction of sp³-hybridized carbons (Fsp3) is 0.520. The third-order valence-corrected chi connectivity index (χ3v) is 6.45. The van der Waals surface area contributed by atoms with Gasteiger partial charge in [0.25, 0.3) is 0 Å². The summed E-state index contributed by atoms with van der Waals surface area (Å²) in [6.45, 7) is 8.01. The van der Waals surface area contributed by atoms with Gasteiger partial charge < -0.3 is 20.0 Å². The Hall–Kier alpha value is -2.43. The maximum Gasteiger partial charge on any atom is 0.244 e. The zero-order valence-electron chi connectivity index (χ0n) is 20.0. The minimum atomic E-state index is 0. The maximum absolute atomic E-state index is 12.8. The van der Waals surface area contributed by atoms with Crippen LogP contribution in [-0.4, -0.2) is 84.0 Å². The van der Waals surface area contributed by atoms with Crippen molar-refractivity contribution in [2.24, 2.45) is 10.9 Å². The number of aromatic nitrogens is 2. The van der Waals surface area contributed by atoms with Crippen molar-refractivity contribution in [3.05, 3.63) is 54.4 Å². The van der Waals surface area contributed by atoms with Crippen molar-refractivity contribution in [3.8, 4) is 0 Å². The molecule has 0 bridgehead atoms. The maximum atomic E-state index is 12.8. The minimum absolute atomic E-state index is 0. The molecule has 0 aliphatic carbocycles. The van der Waals surface area contributed by atoms with E-state index in [1.54, 1.807) is 12.4 Å². The van der Waals surface area contributed by atoms with Crippen LogP contribution >= 0.6 is 24.0 Å². The number of piperazine rings is 1. The number of likely N-dealkylation sites (tertiary alicyclic amines) is 1.